The lowest BCUT2D eigenvalue weighted by Gasteiger charge is -2.50. The van der Waals surface area contributed by atoms with Crippen molar-refractivity contribution in [3.8, 4) is 45.8 Å². The molecule has 0 amide bonds. The van der Waals surface area contributed by atoms with Crippen LogP contribution in [0.5, 0.6) is 34.5 Å². The number of benzene rings is 4. The van der Waals surface area contributed by atoms with E-state index < -0.39 is 231 Å². The number of carbonyl (C=O) groups is 2. The monoisotopic (exact) mass is 1370 g/mol. The Morgan fingerprint density at radius 2 is 0.856 bits per heavy atom. The van der Waals surface area contributed by atoms with Crippen LogP contribution in [0.15, 0.2) is 106 Å². The van der Waals surface area contributed by atoms with Crippen molar-refractivity contribution in [1.82, 2.24) is 0 Å². The van der Waals surface area contributed by atoms with Gasteiger partial charge in [-0.25, -0.2) is 9.59 Å². The second-order valence-electron chi connectivity index (χ2n) is 23.2. The number of aliphatic hydroxyl groups is 14. The van der Waals surface area contributed by atoms with E-state index in [-0.39, 0.29) is 22.8 Å². The van der Waals surface area contributed by atoms with Crippen molar-refractivity contribution in [1.29, 1.82) is 0 Å². The first-order chi connectivity index (χ1) is 46.2. The third-order valence-electron chi connectivity index (χ3n) is 16.5. The Morgan fingerprint density at radius 3 is 1.32 bits per heavy atom. The molecule has 5 aromatic rings. The molecule has 25 atom stereocenters. The molecule has 97 heavy (non-hydrogen) atoms. The average molecular weight is 1370 g/mol. The van der Waals surface area contributed by atoms with Gasteiger partial charge in [0.25, 0.3) is 0 Å². The summed E-state index contributed by atoms with van der Waals surface area (Å²) in [6.45, 7) is -2.36. The van der Waals surface area contributed by atoms with Crippen molar-refractivity contribution >= 4 is 35.1 Å². The standard InChI is InChI=1S/C63H72O34/c1-24-54(94-60-51(82)47(78)42(73)35(21-65)91-60)57(96-61-52(83)48(79)43(74)36(92-61)22-85-38(70)16-6-25-2-10-28(66)11-3-25)58(97-62-53(84)49(80)44(75)37(93-62)23-86-39(71)17-7-26-4-12-29(67)13-5-26)63(87-24)95-56-45(76)40-32(69)18-31(88-59-50(81)46(77)41(72)34(20-64)90-59)19-33(40)89-55(56)27-8-14-30(68)15-9-27/h2-19,24,34-37,41-44,46-54,57-69,72-75,77-84H,20-23H2,1H3/b16-6+,17-7+/t24-,34+,35+,36+,37+,41+,42+,43+,44+,46-,47-,48-,49-,50+,51+,52+,53+,54-,57+,58+,59+,60-,61-,62-,63-/m0/s1. The maximum Gasteiger partial charge on any atom is 0.330 e. The predicted octanol–water partition coefficient (Wildman–Crippen LogP) is -4.33. The zero-order valence-electron chi connectivity index (χ0n) is 50.7. The highest BCUT2D eigenvalue weighted by atomic mass is 16.8. The maximum absolute atomic E-state index is 15.3. The molecule has 528 valence electrons. The Morgan fingerprint density at radius 1 is 0.454 bits per heavy atom. The largest absolute Gasteiger partial charge is 0.508 e. The summed E-state index contributed by atoms with van der Waals surface area (Å²) in [6, 6.07) is 17.9. The van der Waals surface area contributed by atoms with E-state index in [1.807, 2.05) is 0 Å². The molecule has 5 aliphatic rings. The zero-order chi connectivity index (χ0) is 69.8. The summed E-state index contributed by atoms with van der Waals surface area (Å²) < 4.78 is 78.0. The van der Waals surface area contributed by atoms with Gasteiger partial charge in [0.2, 0.25) is 23.8 Å². The molecular weight excluding hydrogens is 1300 g/mol. The van der Waals surface area contributed by atoms with Crippen molar-refractivity contribution in [2.45, 2.75) is 160 Å². The summed E-state index contributed by atoms with van der Waals surface area (Å²) >= 11 is 0. The van der Waals surface area contributed by atoms with Crippen LogP contribution >= 0.6 is 0 Å². The van der Waals surface area contributed by atoms with Gasteiger partial charge in [0, 0.05) is 29.8 Å². The highest BCUT2D eigenvalue weighted by Crippen LogP contribution is 2.42. The molecule has 5 saturated heterocycles. The van der Waals surface area contributed by atoms with E-state index in [0.717, 1.165) is 36.4 Å². The summed E-state index contributed by atoms with van der Waals surface area (Å²) in [7, 11) is 0. The van der Waals surface area contributed by atoms with Crippen LogP contribution in [0.3, 0.4) is 0 Å². The maximum atomic E-state index is 15.3. The number of hydrogen-bond acceptors (Lipinski definition) is 34. The lowest BCUT2D eigenvalue weighted by molar-refractivity contribution is -0.400. The Bertz CT molecular complexity index is 3590. The number of aromatic hydroxyl groups is 4. The smallest absolute Gasteiger partial charge is 0.330 e. The van der Waals surface area contributed by atoms with Crippen molar-refractivity contribution < 1.29 is 163 Å². The van der Waals surface area contributed by atoms with Crippen LogP contribution < -0.4 is 14.9 Å². The molecule has 1 aromatic heterocycles. The van der Waals surface area contributed by atoms with Gasteiger partial charge in [0.05, 0.1) is 19.3 Å². The minimum atomic E-state index is -2.35. The van der Waals surface area contributed by atoms with Gasteiger partial charge in [-0.1, -0.05) is 24.3 Å². The summed E-state index contributed by atoms with van der Waals surface area (Å²) in [5.41, 5.74) is -0.972. The molecule has 5 aliphatic heterocycles. The lowest BCUT2D eigenvalue weighted by Crippen LogP contribution is -2.68. The fourth-order valence-electron chi connectivity index (χ4n) is 11.1. The van der Waals surface area contributed by atoms with Gasteiger partial charge in [-0.05, 0) is 78.7 Å². The fourth-order valence-corrected chi connectivity index (χ4v) is 11.1. The molecule has 5 fully saturated rings. The first-order valence-corrected chi connectivity index (χ1v) is 30.1. The van der Waals surface area contributed by atoms with Gasteiger partial charge in [-0.2, -0.15) is 0 Å². The van der Waals surface area contributed by atoms with Crippen LogP contribution in [0.25, 0.3) is 34.4 Å². The molecule has 0 unspecified atom stereocenters. The van der Waals surface area contributed by atoms with Crippen LogP contribution in [0.2, 0.25) is 0 Å². The quantitative estimate of drug-likeness (QED) is 0.0244. The van der Waals surface area contributed by atoms with E-state index in [4.69, 9.17) is 61.3 Å². The van der Waals surface area contributed by atoms with E-state index >= 15 is 4.79 Å². The molecule has 10 rings (SSSR count). The number of ether oxygens (including phenoxy) is 12. The van der Waals surface area contributed by atoms with Crippen LogP contribution in [0.1, 0.15) is 18.1 Å². The second kappa shape index (κ2) is 31.1. The van der Waals surface area contributed by atoms with Crippen LogP contribution in [0.4, 0.5) is 0 Å². The molecule has 0 spiro atoms. The zero-order valence-corrected chi connectivity index (χ0v) is 50.7. The first-order valence-electron chi connectivity index (χ1n) is 30.1. The van der Waals surface area contributed by atoms with Crippen LogP contribution in [-0.2, 0) is 57.0 Å². The normalized spacial score (nSPS) is 35.6. The number of esters is 2. The number of hydrogen-bond donors (Lipinski definition) is 18. The molecule has 18 N–H and O–H groups in total. The number of rotatable bonds is 21. The number of fused-ring (bicyclic) bond motifs is 1. The Balaban J connectivity index is 1.06. The van der Waals surface area contributed by atoms with Gasteiger partial charge in [0.15, 0.2) is 30.7 Å². The van der Waals surface area contributed by atoms with E-state index in [1.165, 1.54) is 79.7 Å². The Kier molecular flexibility index (Phi) is 23.1. The van der Waals surface area contributed by atoms with Crippen LogP contribution in [0, 0.1) is 0 Å². The summed E-state index contributed by atoms with van der Waals surface area (Å²) in [4.78, 5) is 41.4. The van der Waals surface area contributed by atoms with Gasteiger partial charge < -0.3 is 153 Å². The van der Waals surface area contributed by atoms with E-state index in [9.17, 15) is 102 Å². The van der Waals surface area contributed by atoms with Crippen molar-refractivity contribution in [2.75, 3.05) is 26.4 Å². The van der Waals surface area contributed by atoms with Gasteiger partial charge >= 0.3 is 11.9 Å². The third-order valence-corrected chi connectivity index (χ3v) is 16.5. The number of phenols is 4. The summed E-state index contributed by atoms with van der Waals surface area (Å²) in [5.74, 6) is -5.32. The first kappa shape index (κ1) is 72.2. The highest BCUT2D eigenvalue weighted by molar-refractivity contribution is 5.89. The Labute approximate surface area is 547 Å². The van der Waals surface area contributed by atoms with Gasteiger partial charge in [-0.15, -0.1) is 0 Å². The molecular formula is C63H72O34. The van der Waals surface area contributed by atoms with Crippen molar-refractivity contribution in [3.05, 3.63) is 118 Å². The second-order valence-corrected chi connectivity index (χ2v) is 23.2. The van der Waals surface area contributed by atoms with Crippen molar-refractivity contribution in [3.63, 3.8) is 0 Å². The fraction of sp³-hybridized carbons (Fsp3) is 0.476. The molecule has 0 bridgehead atoms. The highest BCUT2D eigenvalue weighted by Gasteiger charge is 2.58. The Hall–Kier alpha value is -7.57. The predicted molar refractivity (Wildman–Crippen MR) is 319 cm³/mol. The summed E-state index contributed by atoms with van der Waals surface area (Å²) in [6.07, 6.45) is -46.4. The van der Waals surface area contributed by atoms with E-state index in [0.29, 0.717) is 11.1 Å². The lowest BCUT2D eigenvalue weighted by atomic mass is 9.95. The van der Waals surface area contributed by atoms with Gasteiger partial charge in [0.1, 0.15) is 163 Å². The van der Waals surface area contributed by atoms with Gasteiger partial charge in [-0.3, -0.25) is 4.79 Å². The molecule has 34 heteroatoms. The van der Waals surface area contributed by atoms with Crippen LogP contribution in [-0.4, -0.2) is 284 Å². The minimum Gasteiger partial charge on any atom is -0.508 e. The van der Waals surface area contributed by atoms with Crippen molar-refractivity contribution in [2.24, 2.45) is 0 Å². The molecule has 34 nitrogen and oxygen atoms in total. The topological polar surface area (TPSA) is 539 Å². The number of carbonyl (C=O) groups excluding carboxylic acids is 2. The molecule has 0 radical (unpaired) electrons. The van der Waals surface area contributed by atoms with E-state index in [2.05, 4.69) is 0 Å². The third kappa shape index (κ3) is 16.1. The number of aliphatic hydroxyl groups excluding tert-OH is 14. The summed E-state index contributed by atoms with van der Waals surface area (Å²) in [5, 5.41) is 195. The van der Waals surface area contributed by atoms with E-state index in [1.54, 1.807) is 0 Å². The average Bonchev–Trinajstić information content (AvgIpc) is 0.753. The SMILES string of the molecule is C[C@@H]1O[C@@H](Oc2c(-c3ccc(O)cc3)oc3cc(O[C@@H]4O[C@H](CO)[C@@H](O)[C@H](O)[C@H]4O)cc(O)c3c2=O)[C@H](O[C@@H]2O[C@H](COC(=O)/C=C/c3ccc(O)cc3)[C@@H](O)[C@H](O)[C@H]2O)[C@H](O[C@@H]2O[C@H](COC(=O)/C=C/c3ccc(O)cc3)[C@@H](O)[C@H](O)[C@H]2O)[C@H]1O[C@@H]1O[C@H](CO)[C@@H](O)[C@H](O)[C@H]1O. The molecule has 6 heterocycles. The molecule has 0 saturated carbocycles. The molecule has 0 aliphatic carbocycles. The number of phenolic OH excluding ortho intramolecular Hbond substituents is 4. The molecule has 4 aromatic carbocycles. The minimum absolute atomic E-state index is 0.0641.